The predicted octanol–water partition coefficient (Wildman–Crippen LogP) is 0.198. The summed E-state index contributed by atoms with van der Waals surface area (Å²) in [5.41, 5.74) is 12.1. The number of carbonyl (C=O) groups is 1. The topological polar surface area (TPSA) is 190 Å². The molecule has 0 fully saturated rings. The second-order valence-electron chi connectivity index (χ2n) is 6.11. The second kappa shape index (κ2) is 15.3. The maximum absolute atomic E-state index is 12.1. The first-order chi connectivity index (χ1) is 14.3. The first-order valence-corrected chi connectivity index (χ1v) is 12.2. The van der Waals surface area contributed by atoms with Gasteiger partial charge in [0.05, 0.1) is 18.6 Å². The summed E-state index contributed by atoms with van der Waals surface area (Å²) in [6.07, 6.45) is 3.73. The van der Waals surface area contributed by atoms with Gasteiger partial charge in [-0.25, -0.2) is 0 Å². The molecule has 1 aromatic rings. The van der Waals surface area contributed by atoms with Crippen LogP contribution in [0.2, 0.25) is 0 Å². The molecule has 2 atom stereocenters. The fourth-order valence-corrected chi connectivity index (χ4v) is 1.82. The fourth-order valence-electron chi connectivity index (χ4n) is 1.82. The SMILES string of the molecule is CS(=O)(=O)O.CS(=O)(=O)O.[2H]C([2H])([2H])[C@@H](Cc1ccccc1)NC(=O)[C@H](N)CCCCN. The van der Waals surface area contributed by atoms with Crippen LogP contribution in [0.3, 0.4) is 0 Å². The number of rotatable bonds is 8. The maximum atomic E-state index is 12.1. The van der Waals surface area contributed by atoms with Gasteiger partial charge in [0.15, 0.2) is 0 Å². The Morgan fingerprint density at radius 2 is 1.59 bits per heavy atom. The number of amides is 1. The molecule has 0 saturated heterocycles. The summed E-state index contributed by atoms with van der Waals surface area (Å²) in [6.45, 7) is -1.72. The Kier molecular flexibility index (Phi) is 12.5. The molecule has 1 aromatic carbocycles. The van der Waals surface area contributed by atoms with Crippen LogP contribution >= 0.6 is 0 Å². The molecular weight excluding hydrogens is 422 g/mol. The normalized spacial score (nSPS) is 15.0. The van der Waals surface area contributed by atoms with Crippen molar-refractivity contribution in [3.8, 4) is 0 Å². The second-order valence-corrected chi connectivity index (χ2v) is 9.04. The van der Waals surface area contributed by atoms with Crippen LogP contribution in [-0.4, -0.2) is 63.0 Å². The summed E-state index contributed by atoms with van der Waals surface area (Å²) >= 11 is 0. The zero-order valence-electron chi connectivity index (χ0n) is 19.5. The molecule has 29 heavy (non-hydrogen) atoms. The average molecular weight is 459 g/mol. The van der Waals surface area contributed by atoms with E-state index in [1.807, 2.05) is 30.3 Å². The third-order valence-corrected chi connectivity index (χ3v) is 2.91. The third-order valence-electron chi connectivity index (χ3n) is 2.91. The van der Waals surface area contributed by atoms with Gasteiger partial charge in [0.25, 0.3) is 20.2 Å². The molecule has 0 aliphatic heterocycles. The lowest BCUT2D eigenvalue weighted by atomic mass is 10.1. The van der Waals surface area contributed by atoms with Crippen molar-refractivity contribution in [2.45, 2.75) is 44.6 Å². The number of benzene rings is 1. The largest absolute Gasteiger partial charge is 0.352 e. The Hall–Kier alpha value is -1.57. The summed E-state index contributed by atoms with van der Waals surface area (Å²) in [5, 5.41) is 2.57. The molecule has 10 nitrogen and oxygen atoms in total. The van der Waals surface area contributed by atoms with E-state index in [1.165, 1.54) is 0 Å². The van der Waals surface area contributed by atoms with E-state index >= 15 is 0 Å². The molecule has 12 heteroatoms. The molecule has 0 heterocycles. The van der Waals surface area contributed by atoms with Crippen molar-refractivity contribution in [2.75, 3.05) is 19.1 Å². The molecule has 170 valence electrons. The molecule has 0 saturated carbocycles. The first kappa shape index (κ1) is 23.7. The molecule has 0 unspecified atom stereocenters. The Balaban J connectivity index is 0. The average Bonchev–Trinajstić information content (AvgIpc) is 2.58. The highest BCUT2D eigenvalue weighted by molar-refractivity contribution is 7.85. The van der Waals surface area contributed by atoms with Gasteiger partial charge in [0.1, 0.15) is 0 Å². The zero-order valence-corrected chi connectivity index (χ0v) is 18.1. The molecule has 0 spiro atoms. The van der Waals surface area contributed by atoms with Crippen LogP contribution in [0.1, 0.15) is 35.8 Å². The lowest BCUT2D eigenvalue weighted by Crippen LogP contribution is -2.45. The maximum Gasteiger partial charge on any atom is 0.261 e. The van der Waals surface area contributed by atoms with Crippen LogP contribution in [0.25, 0.3) is 0 Å². The quantitative estimate of drug-likeness (QED) is 0.267. The van der Waals surface area contributed by atoms with Crippen LogP contribution < -0.4 is 16.8 Å². The van der Waals surface area contributed by atoms with Crippen LogP contribution in [0, 0.1) is 0 Å². The predicted molar refractivity (Wildman–Crippen MR) is 114 cm³/mol. The summed E-state index contributed by atoms with van der Waals surface area (Å²) in [6, 6.07) is 7.58. The molecular formula is C17H33N3O7S2. The summed E-state index contributed by atoms with van der Waals surface area (Å²) in [7, 11) is -7.33. The van der Waals surface area contributed by atoms with Gasteiger partial charge in [-0.2, -0.15) is 16.8 Å². The van der Waals surface area contributed by atoms with Crippen LogP contribution in [-0.2, 0) is 31.5 Å². The van der Waals surface area contributed by atoms with Crippen LogP contribution in [0.4, 0.5) is 0 Å². The van der Waals surface area contributed by atoms with E-state index in [4.69, 9.17) is 24.7 Å². The molecule has 0 aromatic heterocycles. The van der Waals surface area contributed by atoms with E-state index in [0.29, 0.717) is 25.5 Å². The van der Waals surface area contributed by atoms with Gasteiger partial charge >= 0.3 is 0 Å². The Morgan fingerprint density at radius 3 is 2.00 bits per heavy atom. The minimum Gasteiger partial charge on any atom is -0.352 e. The minimum atomic E-state index is -3.67. The standard InChI is InChI=1S/C15H25N3O.2CH4O3S/c1-12(11-13-7-3-2-4-8-13)18-15(19)14(17)9-5-6-10-16;2*1-5(2,3)4/h2-4,7-8,12,14H,5-6,9-11,16-17H2,1H3,(H,18,19);2*1H3,(H,2,3,4)/t12-,14+;;/m0../s1/i1D3;;. The lowest BCUT2D eigenvalue weighted by Gasteiger charge is -2.17. The van der Waals surface area contributed by atoms with E-state index in [0.717, 1.165) is 18.4 Å². The van der Waals surface area contributed by atoms with Gasteiger partial charge in [-0.1, -0.05) is 36.8 Å². The van der Waals surface area contributed by atoms with Gasteiger partial charge in [-0.3, -0.25) is 13.9 Å². The number of nitrogens with two attached hydrogens (primary N) is 2. The Morgan fingerprint density at radius 1 is 1.10 bits per heavy atom. The summed E-state index contributed by atoms with van der Waals surface area (Å²) in [4.78, 5) is 12.1. The molecule has 1 rings (SSSR count). The summed E-state index contributed by atoms with van der Waals surface area (Å²) < 4.78 is 74.5. The van der Waals surface area contributed by atoms with E-state index in [9.17, 15) is 21.6 Å². The van der Waals surface area contributed by atoms with E-state index < -0.39 is 45.1 Å². The Labute approximate surface area is 177 Å². The van der Waals surface area contributed by atoms with Crippen molar-refractivity contribution in [1.82, 2.24) is 5.32 Å². The van der Waals surface area contributed by atoms with Gasteiger partial charge in [-0.05, 0) is 38.2 Å². The molecule has 0 bridgehead atoms. The van der Waals surface area contributed by atoms with E-state index in [2.05, 4.69) is 5.32 Å². The highest BCUT2D eigenvalue weighted by Crippen LogP contribution is 2.04. The minimum absolute atomic E-state index is 0.249. The van der Waals surface area contributed by atoms with Crippen molar-refractivity contribution < 1.29 is 34.8 Å². The smallest absolute Gasteiger partial charge is 0.261 e. The summed E-state index contributed by atoms with van der Waals surface area (Å²) in [5.74, 6) is -0.422. The number of nitrogens with one attached hydrogen (secondary N) is 1. The molecule has 0 radical (unpaired) electrons. The van der Waals surface area contributed by atoms with E-state index in [1.54, 1.807) is 0 Å². The monoisotopic (exact) mass is 458 g/mol. The zero-order chi connectivity index (χ0) is 25.6. The number of hydrogen-bond donors (Lipinski definition) is 5. The van der Waals surface area contributed by atoms with Crippen molar-refractivity contribution >= 4 is 26.1 Å². The highest BCUT2D eigenvalue weighted by Gasteiger charge is 2.15. The van der Waals surface area contributed by atoms with E-state index in [-0.39, 0.29) is 6.42 Å². The van der Waals surface area contributed by atoms with Crippen molar-refractivity contribution in [1.29, 1.82) is 0 Å². The molecule has 0 aliphatic carbocycles. The molecule has 7 N–H and O–H groups in total. The highest BCUT2D eigenvalue weighted by atomic mass is 32.2. The lowest BCUT2D eigenvalue weighted by molar-refractivity contribution is -0.123. The van der Waals surface area contributed by atoms with Crippen molar-refractivity contribution in [3.63, 3.8) is 0 Å². The van der Waals surface area contributed by atoms with Crippen LogP contribution in [0.15, 0.2) is 30.3 Å². The number of unbranched alkanes of at least 4 members (excludes halogenated alkanes) is 1. The third kappa shape index (κ3) is 28.7. The van der Waals surface area contributed by atoms with Gasteiger partial charge in [0, 0.05) is 10.2 Å². The van der Waals surface area contributed by atoms with Gasteiger partial charge < -0.3 is 16.8 Å². The number of hydrogen-bond acceptors (Lipinski definition) is 7. The number of carbonyl (C=O) groups excluding carboxylic acids is 1. The molecule has 1 amide bonds. The fraction of sp³-hybridized carbons (Fsp3) is 0.588. The first-order valence-electron chi connectivity index (χ1n) is 9.99. The van der Waals surface area contributed by atoms with Gasteiger partial charge in [-0.15, -0.1) is 0 Å². The molecule has 0 aliphatic rings. The van der Waals surface area contributed by atoms with Crippen molar-refractivity contribution in [3.05, 3.63) is 35.9 Å². The van der Waals surface area contributed by atoms with Crippen LogP contribution in [0.5, 0.6) is 0 Å². The van der Waals surface area contributed by atoms with Gasteiger partial charge in [0.2, 0.25) is 5.91 Å². The Bertz CT molecular complexity index is 819. The van der Waals surface area contributed by atoms with Crippen molar-refractivity contribution in [2.24, 2.45) is 11.5 Å².